The Morgan fingerprint density at radius 3 is 2.20 bits per heavy atom. The summed E-state index contributed by atoms with van der Waals surface area (Å²) < 4.78 is 15.6. The maximum absolute atomic E-state index is 12.5. The van der Waals surface area contributed by atoms with Gasteiger partial charge < -0.3 is 19.9 Å². The number of pyridine rings is 1. The van der Waals surface area contributed by atoms with Gasteiger partial charge in [0.05, 0.1) is 32.3 Å². The van der Waals surface area contributed by atoms with Gasteiger partial charge in [0.2, 0.25) is 5.91 Å². The van der Waals surface area contributed by atoms with E-state index in [0.29, 0.717) is 16.0 Å². The number of nitrogens with zero attached hydrogens (tertiary/aromatic N) is 1. The predicted octanol–water partition coefficient (Wildman–Crippen LogP) is 1.11. The fraction of sp³-hybridized carbons (Fsp3) is 0.300. The van der Waals surface area contributed by atoms with Crippen molar-refractivity contribution in [1.29, 1.82) is 0 Å². The number of carbonyl (C=O) groups is 3. The van der Waals surface area contributed by atoms with Gasteiger partial charge in [0, 0.05) is 6.07 Å². The van der Waals surface area contributed by atoms with Crippen LogP contribution in [0.3, 0.4) is 0 Å². The molecule has 0 radical (unpaired) electrons. The fourth-order valence-electron chi connectivity index (χ4n) is 2.62. The van der Waals surface area contributed by atoms with E-state index in [1.54, 1.807) is 38.1 Å². The van der Waals surface area contributed by atoms with Gasteiger partial charge >= 0.3 is 11.9 Å². The number of amides is 1. The van der Waals surface area contributed by atoms with Crippen molar-refractivity contribution in [3.8, 4) is 5.75 Å². The molecule has 0 spiro atoms. The van der Waals surface area contributed by atoms with Gasteiger partial charge in [0.25, 0.3) is 5.56 Å². The number of esters is 2. The van der Waals surface area contributed by atoms with Gasteiger partial charge in [-0.25, -0.2) is 14.3 Å². The zero-order valence-corrected chi connectivity index (χ0v) is 16.9. The average molecular weight is 417 g/mol. The molecule has 0 saturated carbocycles. The number of benzene rings is 1. The van der Waals surface area contributed by atoms with Crippen LogP contribution in [-0.2, 0) is 20.7 Å². The Kier molecular flexibility index (Phi) is 7.56. The van der Waals surface area contributed by atoms with Crippen LogP contribution < -0.4 is 21.5 Å². The van der Waals surface area contributed by atoms with E-state index in [2.05, 4.69) is 5.43 Å². The second-order valence-electron chi connectivity index (χ2n) is 5.99. The van der Waals surface area contributed by atoms with E-state index in [0.717, 1.165) is 6.07 Å². The molecule has 1 aromatic heterocycles. The van der Waals surface area contributed by atoms with Crippen molar-refractivity contribution in [2.24, 2.45) is 0 Å². The lowest BCUT2D eigenvalue weighted by Crippen LogP contribution is -2.37. The summed E-state index contributed by atoms with van der Waals surface area (Å²) in [6.07, 6.45) is -0.0652. The van der Waals surface area contributed by atoms with Crippen LogP contribution in [0.4, 0.5) is 5.82 Å². The predicted molar refractivity (Wildman–Crippen MR) is 108 cm³/mol. The number of anilines is 1. The number of aromatic nitrogens is 1. The van der Waals surface area contributed by atoms with E-state index in [9.17, 15) is 19.2 Å². The molecule has 0 aliphatic rings. The Balaban J connectivity index is 2.37. The van der Waals surface area contributed by atoms with Gasteiger partial charge in [-0.3, -0.25) is 15.0 Å². The standard InChI is InChI=1S/C20H23N3O7/c1-4-29-19(26)14-11-16(25)23(18(21)17(14)20(27)30-5-2)22-15(24)10-12-6-8-13(28-3)9-7-12/h6-9,11H,4-5,10,21H2,1-3H3,(H,22,24). The van der Waals surface area contributed by atoms with E-state index in [4.69, 9.17) is 19.9 Å². The molecule has 0 unspecified atom stereocenters. The summed E-state index contributed by atoms with van der Waals surface area (Å²) in [7, 11) is 1.53. The van der Waals surface area contributed by atoms with Crippen molar-refractivity contribution in [2.75, 3.05) is 31.5 Å². The summed E-state index contributed by atoms with van der Waals surface area (Å²) in [6, 6.07) is 7.64. The molecular formula is C20H23N3O7. The third-order valence-electron chi connectivity index (χ3n) is 3.99. The van der Waals surface area contributed by atoms with Gasteiger partial charge in [0.1, 0.15) is 17.1 Å². The molecule has 1 heterocycles. The number of carbonyl (C=O) groups excluding carboxylic acids is 3. The van der Waals surface area contributed by atoms with Crippen LogP contribution in [0.5, 0.6) is 5.75 Å². The first-order chi connectivity index (χ1) is 14.3. The second-order valence-corrected chi connectivity index (χ2v) is 5.99. The quantitative estimate of drug-likeness (QED) is 0.609. The molecule has 2 rings (SSSR count). The summed E-state index contributed by atoms with van der Waals surface area (Å²) in [4.78, 5) is 49.4. The van der Waals surface area contributed by atoms with Crippen molar-refractivity contribution in [3.05, 3.63) is 57.4 Å². The van der Waals surface area contributed by atoms with Crippen molar-refractivity contribution >= 4 is 23.7 Å². The molecule has 1 amide bonds. The first-order valence-electron chi connectivity index (χ1n) is 9.14. The summed E-state index contributed by atoms with van der Waals surface area (Å²) in [5, 5.41) is 0. The molecule has 0 atom stereocenters. The van der Waals surface area contributed by atoms with Gasteiger partial charge in [0.15, 0.2) is 0 Å². The lowest BCUT2D eigenvalue weighted by atomic mass is 10.1. The van der Waals surface area contributed by atoms with Crippen molar-refractivity contribution in [2.45, 2.75) is 20.3 Å². The lowest BCUT2D eigenvalue weighted by molar-refractivity contribution is -0.116. The summed E-state index contributed by atoms with van der Waals surface area (Å²) in [6.45, 7) is 3.20. The Bertz CT molecular complexity index is 997. The third-order valence-corrected chi connectivity index (χ3v) is 3.99. The number of nitrogens with two attached hydrogens (primary N) is 1. The van der Waals surface area contributed by atoms with Gasteiger partial charge in [-0.15, -0.1) is 0 Å². The number of hydrogen-bond acceptors (Lipinski definition) is 8. The highest BCUT2D eigenvalue weighted by Gasteiger charge is 2.26. The highest BCUT2D eigenvalue weighted by molar-refractivity contribution is 6.06. The normalized spacial score (nSPS) is 10.2. The van der Waals surface area contributed by atoms with Crippen LogP contribution in [0, 0.1) is 0 Å². The highest BCUT2D eigenvalue weighted by atomic mass is 16.5. The Hall–Kier alpha value is -3.82. The van der Waals surface area contributed by atoms with Gasteiger partial charge in [-0.05, 0) is 31.5 Å². The van der Waals surface area contributed by atoms with Crippen molar-refractivity contribution in [1.82, 2.24) is 4.68 Å². The number of ether oxygens (including phenoxy) is 3. The summed E-state index contributed by atoms with van der Waals surface area (Å²) in [5.74, 6) is -2.19. The number of methoxy groups -OCH3 is 1. The molecule has 0 fully saturated rings. The number of hydrogen-bond donors (Lipinski definition) is 2. The van der Waals surface area contributed by atoms with Crippen molar-refractivity contribution in [3.63, 3.8) is 0 Å². The molecule has 0 saturated heterocycles. The fourth-order valence-corrected chi connectivity index (χ4v) is 2.62. The number of rotatable bonds is 8. The first kappa shape index (κ1) is 22.5. The molecule has 10 nitrogen and oxygen atoms in total. The van der Waals surface area contributed by atoms with Crippen LogP contribution >= 0.6 is 0 Å². The van der Waals surface area contributed by atoms with Crippen LogP contribution in [0.25, 0.3) is 0 Å². The summed E-state index contributed by atoms with van der Waals surface area (Å²) >= 11 is 0. The molecule has 160 valence electrons. The second kappa shape index (κ2) is 10.1. The zero-order chi connectivity index (χ0) is 22.3. The molecule has 1 aromatic carbocycles. The van der Waals surface area contributed by atoms with E-state index >= 15 is 0 Å². The molecule has 10 heteroatoms. The van der Waals surface area contributed by atoms with E-state index in [-0.39, 0.29) is 30.8 Å². The number of nitrogen functional groups attached to an aromatic ring is 1. The van der Waals surface area contributed by atoms with Crippen molar-refractivity contribution < 1.29 is 28.6 Å². The molecule has 0 aliphatic heterocycles. The molecule has 30 heavy (non-hydrogen) atoms. The topological polar surface area (TPSA) is 139 Å². The van der Waals surface area contributed by atoms with Gasteiger partial charge in [-0.1, -0.05) is 12.1 Å². The lowest BCUT2D eigenvalue weighted by Gasteiger charge is -2.16. The molecular weight excluding hydrogens is 394 g/mol. The molecule has 0 bridgehead atoms. The van der Waals surface area contributed by atoms with Gasteiger partial charge in [-0.2, -0.15) is 0 Å². The zero-order valence-electron chi connectivity index (χ0n) is 16.9. The van der Waals surface area contributed by atoms with E-state index in [1.165, 1.54) is 7.11 Å². The van der Waals surface area contributed by atoms with Crippen LogP contribution in [0.15, 0.2) is 35.1 Å². The first-order valence-corrected chi connectivity index (χ1v) is 9.14. The number of nitrogens with one attached hydrogen (secondary N) is 1. The van der Waals surface area contributed by atoms with Crippen LogP contribution in [0.1, 0.15) is 40.1 Å². The van der Waals surface area contributed by atoms with E-state index < -0.39 is 29.2 Å². The molecule has 2 aromatic rings. The smallest absolute Gasteiger partial charge is 0.342 e. The van der Waals surface area contributed by atoms with Crippen LogP contribution in [-0.4, -0.2) is 42.8 Å². The highest BCUT2D eigenvalue weighted by Crippen LogP contribution is 2.18. The third kappa shape index (κ3) is 5.16. The van der Waals surface area contributed by atoms with Crippen LogP contribution in [0.2, 0.25) is 0 Å². The SMILES string of the molecule is CCOC(=O)c1cc(=O)n(NC(=O)Cc2ccc(OC)cc2)c(N)c1C(=O)OCC. The Labute approximate surface area is 172 Å². The summed E-state index contributed by atoms with van der Waals surface area (Å²) in [5.41, 5.74) is 7.44. The maximum Gasteiger partial charge on any atom is 0.342 e. The van der Waals surface area contributed by atoms with E-state index in [1.807, 2.05) is 0 Å². The minimum atomic E-state index is -0.920. The molecule has 3 N–H and O–H groups in total. The Morgan fingerprint density at radius 1 is 1.03 bits per heavy atom. The Morgan fingerprint density at radius 2 is 1.63 bits per heavy atom. The largest absolute Gasteiger partial charge is 0.497 e. The average Bonchev–Trinajstić information content (AvgIpc) is 2.71. The minimum absolute atomic E-state index is 0.0174. The minimum Gasteiger partial charge on any atom is -0.497 e. The molecule has 0 aliphatic carbocycles. The monoisotopic (exact) mass is 417 g/mol. The maximum atomic E-state index is 12.5.